The zero-order valence-corrected chi connectivity index (χ0v) is 10.8. The van der Waals surface area contributed by atoms with E-state index >= 15 is 0 Å². The highest BCUT2D eigenvalue weighted by Gasteiger charge is 2.18. The third-order valence-electron chi connectivity index (χ3n) is 2.13. The first-order valence-electron chi connectivity index (χ1n) is 5.26. The highest BCUT2D eigenvalue weighted by Crippen LogP contribution is 2.25. The lowest BCUT2D eigenvalue weighted by Gasteiger charge is -2.18. The lowest BCUT2D eigenvalue weighted by Crippen LogP contribution is -2.20. The number of aliphatic hydroxyl groups excluding tert-OH is 1. The molecule has 0 amide bonds. The van der Waals surface area contributed by atoms with Crippen LogP contribution in [0.4, 0.5) is 0 Å². The molecule has 0 fully saturated rings. The smallest absolute Gasteiger partial charge is 0.132 e. The van der Waals surface area contributed by atoms with Crippen LogP contribution in [-0.4, -0.2) is 13.2 Å². The maximum atomic E-state index is 9.84. The number of hydrogen-bond acceptors (Lipinski definition) is 2. The minimum absolute atomic E-state index is 0.538. The van der Waals surface area contributed by atoms with Crippen molar-refractivity contribution in [2.45, 2.75) is 38.2 Å². The first kappa shape index (κ1) is 12.3. The summed E-state index contributed by atoms with van der Waals surface area (Å²) < 4.78 is 5.15. The van der Waals surface area contributed by atoms with E-state index in [1.807, 2.05) is 0 Å². The lowest BCUT2D eigenvalue weighted by molar-refractivity contribution is 0.150. The van der Waals surface area contributed by atoms with Crippen LogP contribution in [-0.2, 0) is 0 Å². The van der Waals surface area contributed by atoms with Gasteiger partial charge in [-0.15, -0.1) is 6.58 Å². The molecule has 84 valence electrons. The van der Waals surface area contributed by atoms with E-state index in [2.05, 4.69) is 26.2 Å². The van der Waals surface area contributed by atoms with Gasteiger partial charge in [-0.25, -0.2) is 0 Å². The molecule has 0 aliphatic rings. The van der Waals surface area contributed by atoms with Gasteiger partial charge in [0.1, 0.15) is 11.9 Å². The maximum Gasteiger partial charge on any atom is 0.132 e. The molecule has 0 aliphatic heterocycles. The van der Waals surface area contributed by atoms with Gasteiger partial charge in [0.15, 0.2) is 0 Å². The Morgan fingerprint density at radius 1 is 1.53 bits per heavy atom. The Morgan fingerprint density at radius 2 is 2.20 bits per heavy atom. The van der Waals surface area contributed by atoms with Gasteiger partial charge in [0.25, 0.3) is 0 Å². The number of hydrogen-bond donors (Lipinski definition) is 1. The molecule has 0 aromatic carbocycles. The van der Waals surface area contributed by atoms with Gasteiger partial charge in [-0.05, 0) is 18.2 Å². The van der Waals surface area contributed by atoms with Gasteiger partial charge in [0, 0.05) is 14.5 Å². The predicted molar refractivity (Wildman–Crippen MR) is 65.6 cm³/mol. The molecule has 1 aromatic rings. The summed E-state index contributed by atoms with van der Waals surface area (Å²) in [4.78, 5) is 0. The molecule has 0 unspecified atom stereocenters. The summed E-state index contributed by atoms with van der Waals surface area (Å²) in [5.41, 5.74) is 1.12. The van der Waals surface area contributed by atoms with E-state index < -0.39 is 14.2 Å². The standard InChI is InChI=1S/C12H20O2Si/c1-10(9-15(2,3)4)8-11(13)12-6-5-7-14-12/h5-7,11,13H,1,8-9H2,2-4H3/t11-/m1/s1. The van der Waals surface area contributed by atoms with E-state index in [-0.39, 0.29) is 0 Å². The van der Waals surface area contributed by atoms with Crippen LogP contribution in [0.1, 0.15) is 18.3 Å². The molecule has 0 saturated heterocycles. The van der Waals surface area contributed by atoms with E-state index in [4.69, 9.17) is 4.42 Å². The van der Waals surface area contributed by atoms with Crippen LogP contribution in [0.3, 0.4) is 0 Å². The summed E-state index contributed by atoms with van der Waals surface area (Å²) >= 11 is 0. The molecule has 0 aliphatic carbocycles. The van der Waals surface area contributed by atoms with Crippen LogP contribution < -0.4 is 0 Å². The van der Waals surface area contributed by atoms with Crippen molar-refractivity contribution in [2.24, 2.45) is 0 Å². The largest absolute Gasteiger partial charge is 0.467 e. The highest BCUT2D eigenvalue weighted by atomic mass is 28.3. The van der Waals surface area contributed by atoms with Crippen molar-refractivity contribution in [3.8, 4) is 0 Å². The normalized spacial score (nSPS) is 13.9. The summed E-state index contributed by atoms with van der Waals surface area (Å²) in [6.07, 6.45) is 1.65. The van der Waals surface area contributed by atoms with E-state index in [0.29, 0.717) is 12.2 Å². The third kappa shape index (κ3) is 4.49. The Morgan fingerprint density at radius 3 is 2.67 bits per heavy atom. The lowest BCUT2D eigenvalue weighted by atomic mass is 10.1. The molecule has 1 aromatic heterocycles. The van der Waals surface area contributed by atoms with Crippen LogP contribution in [0.25, 0.3) is 0 Å². The molecular weight excluding hydrogens is 204 g/mol. The fourth-order valence-electron chi connectivity index (χ4n) is 1.68. The van der Waals surface area contributed by atoms with Crippen LogP contribution in [0.2, 0.25) is 25.7 Å². The molecule has 0 radical (unpaired) electrons. The van der Waals surface area contributed by atoms with E-state index in [9.17, 15) is 5.11 Å². The Bertz CT molecular complexity index is 309. The summed E-state index contributed by atoms with van der Waals surface area (Å²) in [6, 6.07) is 4.65. The van der Waals surface area contributed by atoms with Crippen molar-refractivity contribution >= 4 is 8.07 Å². The second kappa shape index (κ2) is 4.81. The van der Waals surface area contributed by atoms with E-state index in [1.165, 1.54) is 0 Å². The van der Waals surface area contributed by atoms with Gasteiger partial charge in [0.2, 0.25) is 0 Å². The Labute approximate surface area is 92.6 Å². The second-order valence-electron chi connectivity index (χ2n) is 5.22. The van der Waals surface area contributed by atoms with Gasteiger partial charge >= 0.3 is 0 Å². The maximum absolute atomic E-state index is 9.84. The molecule has 15 heavy (non-hydrogen) atoms. The average molecular weight is 224 g/mol. The SMILES string of the molecule is C=C(C[C@@H](O)c1ccco1)C[Si](C)(C)C. The van der Waals surface area contributed by atoms with Crippen molar-refractivity contribution in [1.29, 1.82) is 0 Å². The fraction of sp³-hybridized carbons (Fsp3) is 0.500. The third-order valence-corrected chi connectivity index (χ3v) is 3.69. The topological polar surface area (TPSA) is 33.4 Å². The number of aliphatic hydroxyl groups is 1. The minimum atomic E-state index is -1.11. The van der Waals surface area contributed by atoms with Crippen molar-refractivity contribution in [3.05, 3.63) is 36.3 Å². The van der Waals surface area contributed by atoms with Gasteiger partial charge in [0.05, 0.1) is 6.26 Å². The minimum Gasteiger partial charge on any atom is -0.467 e. The van der Waals surface area contributed by atoms with Crippen molar-refractivity contribution in [3.63, 3.8) is 0 Å². The molecule has 1 atom stereocenters. The van der Waals surface area contributed by atoms with Gasteiger partial charge in [-0.1, -0.05) is 25.2 Å². The zero-order valence-electron chi connectivity index (χ0n) is 9.79. The van der Waals surface area contributed by atoms with Crippen molar-refractivity contribution < 1.29 is 9.52 Å². The second-order valence-corrected chi connectivity index (χ2v) is 10.7. The van der Waals surface area contributed by atoms with Gasteiger partial charge < -0.3 is 9.52 Å². The number of rotatable bonds is 5. The summed E-state index contributed by atoms with van der Waals surface area (Å²) in [6.45, 7) is 10.9. The average Bonchev–Trinajstić information content (AvgIpc) is 2.50. The molecule has 1 N–H and O–H groups in total. The summed E-state index contributed by atoms with van der Waals surface area (Å²) in [7, 11) is -1.11. The first-order chi connectivity index (χ1) is 6.88. The quantitative estimate of drug-likeness (QED) is 0.612. The molecule has 1 rings (SSSR count). The summed E-state index contributed by atoms with van der Waals surface area (Å²) in [5, 5.41) is 9.84. The molecular formula is C12H20O2Si. The van der Waals surface area contributed by atoms with Crippen LogP contribution >= 0.6 is 0 Å². The molecule has 3 heteroatoms. The fourth-order valence-corrected chi connectivity index (χ4v) is 3.32. The highest BCUT2D eigenvalue weighted by molar-refractivity contribution is 6.76. The zero-order chi connectivity index (χ0) is 11.5. The summed E-state index contributed by atoms with van der Waals surface area (Å²) in [5.74, 6) is 0.631. The van der Waals surface area contributed by atoms with Crippen LogP contribution in [0.15, 0.2) is 35.0 Å². The Balaban J connectivity index is 2.45. The molecule has 1 heterocycles. The number of furan rings is 1. The first-order valence-corrected chi connectivity index (χ1v) is 8.97. The van der Waals surface area contributed by atoms with E-state index in [1.54, 1.807) is 18.4 Å². The predicted octanol–water partition coefficient (Wildman–Crippen LogP) is 3.60. The monoisotopic (exact) mass is 224 g/mol. The van der Waals surface area contributed by atoms with E-state index in [0.717, 1.165) is 11.6 Å². The van der Waals surface area contributed by atoms with Crippen LogP contribution in [0, 0.1) is 0 Å². The Kier molecular flexibility index (Phi) is 3.94. The molecule has 0 saturated carbocycles. The van der Waals surface area contributed by atoms with Crippen molar-refractivity contribution in [2.75, 3.05) is 0 Å². The molecule has 0 spiro atoms. The Hall–Kier alpha value is -0.803. The van der Waals surface area contributed by atoms with Crippen molar-refractivity contribution in [1.82, 2.24) is 0 Å². The molecule has 0 bridgehead atoms. The molecule has 2 nitrogen and oxygen atoms in total. The van der Waals surface area contributed by atoms with Crippen LogP contribution in [0.5, 0.6) is 0 Å². The van der Waals surface area contributed by atoms with Gasteiger partial charge in [-0.2, -0.15) is 0 Å². The van der Waals surface area contributed by atoms with Gasteiger partial charge in [-0.3, -0.25) is 0 Å².